The molecule has 6 heteroatoms. The Morgan fingerprint density at radius 3 is 2.63 bits per heavy atom. The summed E-state index contributed by atoms with van der Waals surface area (Å²) < 4.78 is 10.7. The number of carbonyl (C=O) groups is 1. The van der Waals surface area contributed by atoms with Crippen LogP contribution in [-0.2, 0) is 11.3 Å². The van der Waals surface area contributed by atoms with Gasteiger partial charge < -0.3 is 14.8 Å². The molecule has 0 bridgehead atoms. The predicted octanol–water partition coefficient (Wildman–Crippen LogP) is 2.75. The molecular formula is C24H29N3O3. The maximum absolute atomic E-state index is 12.6. The molecule has 1 fully saturated rings. The lowest BCUT2D eigenvalue weighted by Crippen LogP contribution is -2.53. The first-order valence-corrected chi connectivity index (χ1v) is 10.5. The molecule has 2 aromatic rings. The molecule has 0 radical (unpaired) electrons. The molecule has 1 unspecified atom stereocenters. The highest BCUT2D eigenvalue weighted by Gasteiger charge is 2.25. The van der Waals surface area contributed by atoms with E-state index in [0.29, 0.717) is 6.54 Å². The summed E-state index contributed by atoms with van der Waals surface area (Å²) in [7, 11) is 0. The molecule has 2 aliphatic rings. The van der Waals surface area contributed by atoms with Crippen molar-refractivity contribution in [2.24, 2.45) is 0 Å². The van der Waals surface area contributed by atoms with Crippen molar-refractivity contribution < 1.29 is 14.3 Å². The number of rotatable bonds is 7. The lowest BCUT2D eigenvalue weighted by Gasteiger charge is -2.37. The molecule has 0 aromatic heterocycles. The summed E-state index contributed by atoms with van der Waals surface area (Å²) in [4.78, 5) is 17.3. The maximum Gasteiger partial charge on any atom is 0.237 e. The zero-order chi connectivity index (χ0) is 20.8. The van der Waals surface area contributed by atoms with Gasteiger partial charge in [-0.25, -0.2) is 0 Å². The smallest absolute Gasteiger partial charge is 0.237 e. The third-order valence-corrected chi connectivity index (χ3v) is 5.71. The first-order valence-electron chi connectivity index (χ1n) is 10.5. The Hall–Kier alpha value is -2.83. The standard InChI is InChI=1S/C24H29N3O3/c1-19(24(28)25-17-21-9-10-22-23(16-21)30-18-29-22)27-14-12-26(13-15-27)11-5-8-20-6-3-2-4-7-20/h2-10,16,19H,11-15,17-18H2,1H3,(H,25,28). The Kier molecular flexibility index (Phi) is 6.67. The molecule has 1 saturated heterocycles. The molecule has 30 heavy (non-hydrogen) atoms. The fraction of sp³-hybridized carbons (Fsp3) is 0.375. The zero-order valence-corrected chi connectivity index (χ0v) is 17.4. The molecule has 0 spiro atoms. The minimum atomic E-state index is -0.138. The summed E-state index contributed by atoms with van der Waals surface area (Å²) in [6, 6.07) is 16.0. The van der Waals surface area contributed by atoms with E-state index in [1.54, 1.807) is 0 Å². The Bertz CT molecular complexity index is 877. The zero-order valence-electron chi connectivity index (χ0n) is 17.4. The average Bonchev–Trinajstić information content (AvgIpc) is 3.26. The van der Waals surface area contributed by atoms with Gasteiger partial charge in [-0.3, -0.25) is 14.6 Å². The van der Waals surface area contributed by atoms with Gasteiger partial charge in [-0.05, 0) is 30.2 Å². The van der Waals surface area contributed by atoms with E-state index in [1.807, 2.05) is 31.2 Å². The van der Waals surface area contributed by atoms with Gasteiger partial charge >= 0.3 is 0 Å². The molecule has 6 nitrogen and oxygen atoms in total. The first kappa shape index (κ1) is 20.4. The number of hydrogen-bond donors (Lipinski definition) is 1. The van der Waals surface area contributed by atoms with Crippen molar-refractivity contribution in [1.82, 2.24) is 15.1 Å². The van der Waals surface area contributed by atoms with Crippen molar-refractivity contribution in [2.45, 2.75) is 19.5 Å². The van der Waals surface area contributed by atoms with Crippen molar-refractivity contribution in [1.29, 1.82) is 0 Å². The second-order valence-electron chi connectivity index (χ2n) is 7.73. The van der Waals surface area contributed by atoms with E-state index in [1.165, 1.54) is 5.56 Å². The topological polar surface area (TPSA) is 54.0 Å². The van der Waals surface area contributed by atoms with Crippen molar-refractivity contribution in [3.8, 4) is 11.5 Å². The third-order valence-electron chi connectivity index (χ3n) is 5.71. The summed E-state index contributed by atoms with van der Waals surface area (Å²) in [6.45, 7) is 7.42. The van der Waals surface area contributed by atoms with E-state index in [0.717, 1.165) is 49.8 Å². The Morgan fingerprint density at radius 1 is 1.07 bits per heavy atom. The van der Waals surface area contributed by atoms with Crippen molar-refractivity contribution in [2.75, 3.05) is 39.5 Å². The van der Waals surface area contributed by atoms with Crippen molar-refractivity contribution in [3.63, 3.8) is 0 Å². The van der Waals surface area contributed by atoms with Crippen LogP contribution >= 0.6 is 0 Å². The molecule has 0 saturated carbocycles. The lowest BCUT2D eigenvalue weighted by molar-refractivity contribution is -0.126. The van der Waals surface area contributed by atoms with Gasteiger partial charge in [0.1, 0.15) is 0 Å². The number of nitrogens with one attached hydrogen (secondary N) is 1. The van der Waals surface area contributed by atoms with Gasteiger partial charge in [-0.2, -0.15) is 0 Å². The highest BCUT2D eigenvalue weighted by atomic mass is 16.7. The van der Waals surface area contributed by atoms with Crippen LogP contribution in [-0.4, -0.2) is 61.3 Å². The SMILES string of the molecule is CC(C(=O)NCc1ccc2c(c1)OCO2)N1CCN(CC=Cc2ccccc2)CC1. The second kappa shape index (κ2) is 9.78. The molecule has 158 valence electrons. The van der Waals surface area contributed by atoms with Crippen LogP contribution < -0.4 is 14.8 Å². The Morgan fingerprint density at radius 2 is 1.83 bits per heavy atom. The monoisotopic (exact) mass is 407 g/mol. The fourth-order valence-corrected chi connectivity index (χ4v) is 3.79. The lowest BCUT2D eigenvalue weighted by atomic mass is 10.1. The van der Waals surface area contributed by atoms with Gasteiger partial charge in [0, 0.05) is 39.3 Å². The molecule has 0 aliphatic carbocycles. The van der Waals surface area contributed by atoms with E-state index in [-0.39, 0.29) is 18.7 Å². The quantitative estimate of drug-likeness (QED) is 0.765. The molecule has 1 amide bonds. The van der Waals surface area contributed by atoms with Crippen LogP contribution in [0.3, 0.4) is 0 Å². The summed E-state index contributed by atoms with van der Waals surface area (Å²) in [5.41, 5.74) is 2.23. The number of nitrogens with zero attached hydrogens (tertiary/aromatic N) is 2. The summed E-state index contributed by atoms with van der Waals surface area (Å²) in [5, 5.41) is 3.05. The number of hydrogen-bond acceptors (Lipinski definition) is 5. The largest absolute Gasteiger partial charge is 0.454 e. The highest BCUT2D eigenvalue weighted by molar-refractivity contribution is 5.81. The summed E-state index contributed by atoms with van der Waals surface area (Å²) in [5.74, 6) is 1.56. The fourth-order valence-electron chi connectivity index (χ4n) is 3.79. The van der Waals surface area contributed by atoms with Crippen LogP contribution in [0.2, 0.25) is 0 Å². The van der Waals surface area contributed by atoms with Gasteiger partial charge in [-0.1, -0.05) is 48.6 Å². The maximum atomic E-state index is 12.6. The van der Waals surface area contributed by atoms with Crippen molar-refractivity contribution in [3.05, 3.63) is 65.7 Å². The molecule has 4 rings (SSSR count). The molecule has 2 heterocycles. The van der Waals surface area contributed by atoms with Crippen LogP contribution in [0, 0.1) is 0 Å². The number of fused-ring (bicyclic) bond motifs is 1. The molecule has 1 N–H and O–H groups in total. The first-order chi connectivity index (χ1) is 14.7. The van der Waals surface area contributed by atoms with Crippen LogP contribution in [0.25, 0.3) is 6.08 Å². The van der Waals surface area contributed by atoms with Gasteiger partial charge in [0.15, 0.2) is 11.5 Å². The second-order valence-corrected chi connectivity index (χ2v) is 7.73. The van der Waals surface area contributed by atoms with E-state index in [9.17, 15) is 4.79 Å². The summed E-state index contributed by atoms with van der Waals surface area (Å²) >= 11 is 0. The normalized spacial score (nSPS) is 17.9. The Balaban J connectivity index is 1.19. The third kappa shape index (κ3) is 5.20. The van der Waals surface area contributed by atoms with Gasteiger partial charge in [0.25, 0.3) is 0 Å². The van der Waals surface area contributed by atoms with Gasteiger partial charge in [0.05, 0.1) is 6.04 Å². The van der Waals surface area contributed by atoms with Crippen molar-refractivity contribution >= 4 is 12.0 Å². The molecular weight excluding hydrogens is 378 g/mol. The van der Waals surface area contributed by atoms with E-state index in [4.69, 9.17) is 9.47 Å². The van der Waals surface area contributed by atoms with Gasteiger partial charge in [-0.15, -0.1) is 0 Å². The highest BCUT2D eigenvalue weighted by Crippen LogP contribution is 2.32. The predicted molar refractivity (Wildman–Crippen MR) is 117 cm³/mol. The van der Waals surface area contributed by atoms with E-state index in [2.05, 4.69) is 51.5 Å². The molecule has 2 aromatic carbocycles. The van der Waals surface area contributed by atoms with Gasteiger partial charge in [0.2, 0.25) is 12.7 Å². The molecule has 2 aliphatic heterocycles. The van der Waals surface area contributed by atoms with Crippen LogP contribution in [0.1, 0.15) is 18.1 Å². The van der Waals surface area contributed by atoms with E-state index >= 15 is 0 Å². The van der Waals surface area contributed by atoms with Crippen LogP contribution in [0.5, 0.6) is 11.5 Å². The molecule has 1 atom stereocenters. The average molecular weight is 408 g/mol. The van der Waals surface area contributed by atoms with Crippen LogP contribution in [0.4, 0.5) is 0 Å². The number of benzene rings is 2. The van der Waals surface area contributed by atoms with Crippen LogP contribution in [0.15, 0.2) is 54.6 Å². The number of amides is 1. The number of ether oxygens (including phenoxy) is 2. The number of carbonyl (C=O) groups excluding carboxylic acids is 1. The summed E-state index contributed by atoms with van der Waals surface area (Å²) in [6.07, 6.45) is 4.38. The minimum Gasteiger partial charge on any atom is -0.454 e. The number of piperazine rings is 1. The van der Waals surface area contributed by atoms with E-state index < -0.39 is 0 Å². The Labute approximate surface area is 178 Å². The minimum absolute atomic E-state index is 0.0603.